The number of carbonyl (C=O) groups is 2. The molecule has 0 saturated heterocycles. The normalized spacial score (nSPS) is 19.2. The van der Waals surface area contributed by atoms with Gasteiger partial charge in [-0.2, -0.15) is 0 Å². The number of ether oxygens (including phenoxy) is 4. The van der Waals surface area contributed by atoms with Gasteiger partial charge < -0.3 is 18.9 Å². The van der Waals surface area contributed by atoms with E-state index in [9.17, 15) is 9.59 Å². The first kappa shape index (κ1) is 21.8. The van der Waals surface area contributed by atoms with Crippen molar-refractivity contribution in [3.8, 4) is 0 Å². The number of carbonyl (C=O) groups excluding carboxylic acids is 2. The number of hydrogen-bond donors (Lipinski definition) is 0. The van der Waals surface area contributed by atoms with Crippen LogP contribution in [0.2, 0.25) is 0 Å². The third-order valence-electron chi connectivity index (χ3n) is 4.51. The van der Waals surface area contributed by atoms with E-state index in [-0.39, 0.29) is 13.2 Å². The van der Waals surface area contributed by atoms with Crippen LogP contribution in [0, 0.1) is 5.92 Å². The number of aliphatic imine (C=N–C) groups is 1. The lowest BCUT2D eigenvalue weighted by molar-refractivity contribution is -0.148. The largest absolute Gasteiger partial charge is 0.463 e. The van der Waals surface area contributed by atoms with E-state index in [4.69, 9.17) is 18.9 Å². The maximum absolute atomic E-state index is 12.8. The minimum Gasteiger partial charge on any atom is -0.463 e. The van der Waals surface area contributed by atoms with Crippen LogP contribution in [0.5, 0.6) is 0 Å². The summed E-state index contributed by atoms with van der Waals surface area (Å²) in [6.07, 6.45) is 0. The summed E-state index contributed by atoms with van der Waals surface area (Å²) in [6.45, 7) is 4.37. The van der Waals surface area contributed by atoms with Gasteiger partial charge >= 0.3 is 11.9 Å². The fourth-order valence-corrected chi connectivity index (χ4v) is 3.24. The molecule has 0 saturated carbocycles. The van der Waals surface area contributed by atoms with Gasteiger partial charge in [0.15, 0.2) is 0 Å². The van der Waals surface area contributed by atoms with Crippen molar-refractivity contribution in [2.24, 2.45) is 10.9 Å². The summed E-state index contributed by atoms with van der Waals surface area (Å²) in [6, 6.07) is 9.38. The predicted octanol–water partition coefficient (Wildman–Crippen LogP) is 2.51. The molecule has 7 heteroatoms. The van der Waals surface area contributed by atoms with E-state index in [1.54, 1.807) is 13.8 Å². The van der Waals surface area contributed by atoms with Gasteiger partial charge in [0, 0.05) is 31.5 Å². The highest BCUT2D eigenvalue weighted by molar-refractivity contribution is 6.07. The van der Waals surface area contributed by atoms with Gasteiger partial charge in [-0.25, -0.2) is 4.79 Å². The molecule has 0 spiro atoms. The van der Waals surface area contributed by atoms with E-state index in [1.165, 1.54) is 14.2 Å². The van der Waals surface area contributed by atoms with Crippen LogP contribution in [0.1, 0.15) is 25.3 Å². The molecule has 152 valence electrons. The Labute approximate surface area is 165 Å². The molecule has 2 atom stereocenters. The van der Waals surface area contributed by atoms with Crippen molar-refractivity contribution in [2.75, 3.05) is 40.6 Å². The molecule has 2 rings (SSSR count). The highest BCUT2D eigenvalue weighted by Gasteiger charge is 2.42. The van der Waals surface area contributed by atoms with Crippen molar-refractivity contribution in [3.63, 3.8) is 0 Å². The lowest BCUT2D eigenvalue weighted by atomic mass is 9.75. The average molecular weight is 389 g/mol. The van der Waals surface area contributed by atoms with Gasteiger partial charge in [0.05, 0.1) is 18.8 Å². The minimum atomic E-state index is -0.715. The molecule has 1 heterocycles. The molecular formula is C21H27NO6. The maximum atomic E-state index is 12.8. The van der Waals surface area contributed by atoms with E-state index in [0.29, 0.717) is 30.2 Å². The fraction of sp³-hybridized carbons (Fsp3) is 0.476. The van der Waals surface area contributed by atoms with Crippen LogP contribution >= 0.6 is 0 Å². The summed E-state index contributed by atoms with van der Waals surface area (Å²) in [5.74, 6) is -2.20. The van der Waals surface area contributed by atoms with Gasteiger partial charge in [0.2, 0.25) is 0 Å². The Bertz CT molecular complexity index is 741. The average Bonchev–Trinajstić information content (AvgIpc) is 2.68. The van der Waals surface area contributed by atoms with Gasteiger partial charge in [-0.15, -0.1) is 0 Å². The summed E-state index contributed by atoms with van der Waals surface area (Å²) < 4.78 is 20.6. The van der Waals surface area contributed by atoms with Crippen molar-refractivity contribution in [3.05, 3.63) is 47.2 Å². The number of rotatable bonds is 9. The number of hydrogen-bond acceptors (Lipinski definition) is 7. The quantitative estimate of drug-likeness (QED) is 0.477. The van der Waals surface area contributed by atoms with Crippen LogP contribution in [0.15, 0.2) is 46.6 Å². The molecule has 1 aliphatic heterocycles. The zero-order valence-electron chi connectivity index (χ0n) is 16.8. The first-order valence-electron chi connectivity index (χ1n) is 9.13. The summed E-state index contributed by atoms with van der Waals surface area (Å²) >= 11 is 0. The smallest absolute Gasteiger partial charge is 0.336 e. The van der Waals surface area contributed by atoms with E-state index in [0.717, 1.165) is 5.56 Å². The van der Waals surface area contributed by atoms with Crippen LogP contribution in [0.3, 0.4) is 0 Å². The summed E-state index contributed by atoms with van der Waals surface area (Å²) in [4.78, 5) is 30.1. The topological polar surface area (TPSA) is 83.4 Å². The number of methoxy groups -OCH3 is 2. The van der Waals surface area contributed by atoms with Crippen LogP contribution in [0.4, 0.5) is 0 Å². The van der Waals surface area contributed by atoms with Crippen molar-refractivity contribution >= 4 is 17.7 Å². The Balaban J connectivity index is 2.41. The Kier molecular flexibility index (Phi) is 8.35. The van der Waals surface area contributed by atoms with Crippen molar-refractivity contribution in [2.45, 2.75) is 19.8 Å². The molecule has 0 radical (unpaired) electrons. The Morgan fingerprint density at radius 1 is 0.929 bits per heavy atom. The van der Waals surface area contributed by atoms with Crippen molar-refractivity contribution in [1.82, 2.24) is 0 Å². The molecule has 0 aliphatic carbocycles. The number of benzene rings is 1. The van der Waals surface area contributed by atoms with Crippen LogP contribution in [-0.4, -0.2) is 58.3 Å². The molecular weight excluding hydrogens is 362 g/mol. The molecule has 1 aromatic carbocycles. The van der Waals surface area contributed by atoms with Crippen molar-refractivity contribution in [1.29, 1.82) is 0 Å². The highest BCUT2D eigenvalue weighted by Crippen LogP contribution is 2.40. The second kappa shape index (κ2) is 10.7. The molecule has 28 heavy (non-hydrogen) atoms. The molecule has 0 amide bonds. The summed E-state index contributed by atoms with van der Waals surface area (Å²) in [7, 11) is 3.07. The number of nitrogens with zero attached hydrogens (tertiary/aromatic N) is 1. The molecule has 1 aromatic rings. The first-order valence-corrected chi connectivity index (χ1v) is 9.13. The molecule has 0 aromatic heterocycles. The SMILES string of the molecule is COCCOC(=O)C1=C(C)N=C(C)C(C(=O)OCCOC)C1c1ccccc1. The van der Waals surface area contributed by atoms with Gasteiger partial charge in [-0.3, -0.25) is 9.79 Å². The monoisotopic (exact) mass is 389 g/mol. The maximum Gasteiger partial charge on any atom is 0.336 e. The lowest BCUT2D eigenvalue weighted by Crippen LogP contribution is -2.37. The molecule has 0 fully saturated rings. The molecule has 0 N–H and O–H groups in total. The highest BCUT2D eigenvalue weighted by atomic mass is 16.6. The third-order valence-corrected chi connectivity index (χ3v) is 4.51. The Morgan fingerprint density at radius 3 is 2.14 bits per heavy atom. The zero-order chi connectivity index (χ0) is 20.5. The van der Waals surface area contributed by atoms with Crippen LogP contribution in [0.25, 0.3) is 0 Å². The van der Waals surface area contributed by atoms with Crippen LogP contribution in [-0.2, 0) is 28.5 Å². The second-order valence-corrected chi connectivity index (χ2v) is 6.41. The van der Waals surface area contributed by atoms with Gasteiger partial charge in [0.25, 0.3) is 0 Å². The first-order chi connectivity index (χ1) is 13.5. The predicted molar refractivity (Wildman–Crippen MR) is 104 cm³/mol. The minimum absolute atomic E-state index is 0.124. The van der Waals surface area contributed by atoms with Crippen molar-refractivity contribution < 1.29 is 28.5 Å². The molecule has 1 aliphatic rings. The summed E-state index contributed by atoms with van der Waals surface area (Å²) in [5, 5.41) is 0. The van der Waals surface area contributed by atoms with E-state index < -0.39 is 23.8 Å². The Morgan fingerprint density at radius 2 is 1.54 bits per heavy atom. The standard InChI is InChI=1S/C21H27NO6/c1-14-17(20(23)27-12-10-25-3)19(16-8-6-5-7-9-16)18(15(2)22-14)21(24)28-13-11-26-4/h5-9,17,19H,10-13H2,1-4H3. The lowest BCUT2D eigenvalue weighted by Gasteiger charge is -2.31. The van der Waals surface area contributed by atoms with E-state index in [2.05, 4.69) is 4.99 Å². The fourth-order valence-electron chi connectivity index (χ4n) is 3.24. The number of allylic oxidation sites excluding steroid dienone is 1. The van der Waals surface area contributed by atoms with Gasteiger partial charge in [-0.05, 0) is 19.4 Å². The molecule has 2 unspecified atom stereocenters. The summed E-state index contributed by atoms with van der Waals surface area (Å²) in [5.41, 5.74) is 2.32. The molecule has 7 nitrogen and oxygen atoms in total. The van der Waals surface area contributed by atoms with Crippen LogP contribution < -0.4 is 0 Å². The van der Waals surface area contributed by atoms with Gasteiger partial charge in [-0.1, -0.05) is 30.3 Å². The molecule has 0 bridgehead atoms. The van der Waals surface area contributed by atoms with Gasteiger partial charge in [0.1, 0.15) is 19.1 Å². The van der Waals surface area contributed by atoms with E-state index in [1.807, 2.05) is 30.3 Å². The zero-order valence-corrected chi connectivity index (χ0v) is 16.8. The number of esters is 2. The third kappa shape index (κ3) is 5.27. The Hall–Kier alpha value is -2.51. The van der Waals surface area contributed by atoms with E-state index >= 15 is 0 Å². The second-order valence-electron chi connectivity index (χ2n) is 6.41.